The van der Waals surface area contributed by atoms with Gasteiger partial charge in [-0.3, -0.25) is 0 Å². The monoisotopic (exact) mass is 387 g/mol. The van der Waals surface area contributed by atoms with Gasteiger partial charge in [0.25, 0.3) is 0 Å². The predicted molar refractivity (Wildman–Crippen MR) is 101 cm³/mol. The number of sulfonamides is 1. The van der Waals surface area contributed by atoms with E-state index in [9.17, 15) is 18.3 Å². The molecule has 7 nitrogen and oxygen atoms in total. The number of carboxylic acids is 1. The van der Waals surface area contributed by atoms with Gasteiger partial charge < -0.3 is 10.0 Å². The SMILES string of the molecule is CS(=O)(=O)N1C[C@H]2CN(c3ccnc(C(=O)O)c3)C[C@H]2[C@@H]1c1ccccc1. The molecule has 0 spiro atoms. The summed E-state index contributed by atoms with van der Waals surface area (Å²) < 4.78 is 26.3. The summed E-state index contributed by atoms with van der Waals surface area (Å²) in [6.45, 7) is 1.86. The summed E-state index contributed by atoms with van der Waals surface area (Å²) in [4.78, 5) is 17.2. The van der Waals surface area contributed by atoms with Crippen LogP contribution in [0.5, 0.6) is 0 Å². The molecule has 2 aliphatic heterocycles. The zero-order valence-electron chi connectivity index (χ0n) is 14.9. The highest BCUT2D eigenvalue weighted by Crippen LogP contribution is 2.46. The van der Waals surface area contributed by atoms with Gasteiger partial charge in [-0.05, 0) is 23.6 Å². The maximum absolute atomic E-state index is 12.4. The lowest BCUT2D eigenvalue weighted by molar-refractivity contribution is 0.0690. The normalized spacial score (nSPS) is 25.5. The number of carbonyl (C=O) groups is 1. The van der Waals surface area contributed by atoms with Crippen molar-refractivity contribution >= 4 is 21.7 Å². The number of anilines is 1. The summed E-state index contributed by atoms with van der Waals surface area (Å²) in [5.41, 5.74) is 1.83. The van der Waals surface area contributed by atoms with Gasteiger partial charge in [-0.2, -0.15) is 4.31 Å². The topological polar surface area (TPSA) is 90.8 Å². The van der Waals surface area contributed by atoms with Crippen LogP contribution < -0.4 is 4.90 Å². The minimum atomic E-state index is -3.31. The first-order valence-corrected chi connectivity index (χ1v) is 10.7. The lowest BCUT2D eigenvalue weighted by Gasteiger charge is -2.28. The Morgan fingerprint density at radius 2 is 1.89 bits per heavy atom. The highest BCUT2D eigenvalue weighted by Gasteiger charge is 2.50. The zero-order valence-corrected chi connectivity index (χ0v) is 15.7. The highest BCUT2D eigenvalue weighted by atomic mass is 32.2. The van der Waals surface area contributed by atoms with Crippen molar-refractivity contribution in [2.24, 2.45) is 11.8 Å². The number of benzene rings is 1. The Morgan fingerprint density at radius 1 is 1.15 bits per heavy atom. The standard InChI is InChI=1S/C19H21N3O4S/c1-27(25,26)22-11-14-10-21(15-7-8-20-17(9-15)19(23)24)12-16(14)18(22)13-5-3-2-4-6-13/h2-9,14,16,18H,10-12H2,1H3,(H,23,24)/t14-,16-,18+/m1/s1. The van der Waals surface area contributed by atoms with Crippen molar-refractivity contribution < 1.29 is 18.3 Å². The molecule has 0 unspecified atom stereocenters. The number of pyridine rings is 1. The fourth-order valence-corrected chi connectivity index (χ4v) is 5.51. The van der Waals surface area contributed by atoms with E-state index in [4.69, 9.17) is 0 Å². The van der Waals surface area contributed by atoms with Crippen molar-refractivity contribution in [2.75, 3.05) is 30.8 Å². The van der Waals surface area contributed by atoms with Crippen molar-refractivity contribution in [3.63, 3.8) is 0 Å². The second-order valence-corrected chi connectivity index (χ2v) is 9.16. The number of hydrogen-bond donors (Lipinski definition) is 1. The summed E-state index contributed by atoms with van der Waals surface area (Å²) >= 11 is 0. The van der Waals surface area contributed by atoms with E-state index in [2.05, 4.69) is 9.88 Å². The first kappa shape index (κ1) is 17.9. The van der Waals surface area contributed by atoms with Gasteiger partial charge in [-0.25, -0.2) is 18.2 Å². The predicted octanol–water partition coefficient (Wildman–Crippen LogP) is 1.85. The van der Waals surface area contributed by atoms with Crippen LogP contribution in [0.1, 0.15) is 22.1 Å². The molecule has 3 heterocycles. The number of aromatic carboxylic acids is 1. The van der Waals surface area contributed by atoms with Gasteiger partial charge in [-0.1, -0.05) is 30.3 Å². The maximum Gasteiger partial charge on any atom is 0.354 e. The fraction of sp³-hybridized carbons (Fsp3) is 0.368. The van der Waals surface area contributed by atoms with E-state index in [1.54, 1.807) is 16.4 Å². The minimum absolute atomic E-state index is 0.0157. The summed E-state index contributed by atoms with van der Waals surface area (Å²) in [5, 5.41) is 9.17. The molecule has 1 N–H and O–H groups in total. The van der Waals surface area contributed by atoms with E-state index < -0.39 is 16.0 Å². The van der Waals surface area contributed by atoms with Crippen LogP contribution in [-0.2, 0) is 10.0 Å². The molecule has 8 heteroatoms. The summed E-state index contributed by atoms with van der Waals surface area (Å²) in [6, 6.07) is 12.9. The lowest BCUT2D eigenvalue weighted by atomic mass is 9.90. The number of rotatable bonds is 4. The molecule has 0 bridgehead atoms. The average molecular weight is 387 g/mol. The van der Waals surface area contributed by atoms with Gasteiger partial charge in [0.15, 0.2) is 0 Å². The molecule has 3 atom stereocenters. The number of fused-ring (bicyclic) bond motifs is 1. The first-order chi connectivity index (χ1) is 12.8. The van der Waals surface area contributed by atoms with Gasteiger partial charge >= 0.3 is 5.97 Å². The Kier molecular flexibility index (Phi) is 4.39. The van der Waals surface area contributed by atoms with Crippen LogP contribution in [0, 0.1) is 11.8 Å². The Hall–Kier alpha value is -2.45. The molecule has 142 valence electrons. The van der Waals surface area contributed by atoms with E-state index >= 15 is 0 Å². The van der Waals surface area contributed by atoms with Crippen LogP contribution in [0.2, 0.25) is 0 Å². The molecule has 1 aromatic carbocycles. The minimum Gasteiger partial charge on any atom is -0.477 e. The smallest absolute Gasteiger partial charge is 0.354 e. The van der Waals surface area contributed by atoms with Gasteiger partial charge in [0, 0.05) is 37.4 Å². The third-order valence-electron chi connectivity index (χ3n) is 5.52. The molecule has 0 aliphatic carbocycles. The Morgan fingerprint density at radius 3 is 2.56 bits per heavy atom. The molecular formula is C19H21N3O4S. The van der Waals surface area contributed by atoms with Crippen LogP contribution >= 0.6 is 0 Å². The van der Waals surface area contributed by atoms with Crippen molar-refractivity contribution in [3.8, 4) is 0 Å². The number of aromatic nitrogens is 1. The molecule has 0 saturated carbocycles. The van der Waals surface area contributed by atoms with Crippen LogP contribution in [0.3, 0.4) is 0 Å². The van der Waals surface area contributed by atoms with E-state index in [0.717, 1.165) is 11.3 Å². The second-order valence-electron chi connectivity index (χ2n) is 7.22. The van der Waals surface area contributed by atoms with Crippen molar-refractivity contribution in [3.05, 3.63) is 59.9 Å². The molecular weight excluding hydrogens is 366 g/mol. The molecule has 2 fully saturated rings. The van der Waals surface area contributed by atoms with E-state index in [1.807, 2.05) is 30.3 Å². The molecule has 27 heavy (non-hydrogen) atoms. The highest BCUT2D eigenvalue weighted by molar-refractivity contribution is 7.88. The van der Waals surface area contributed by atoms with E-state index in [0.29, 0.717) is 19.6 Å². The van der Waals surface area contributed by atoms with Gasteiger partial charge in [-0.15, -0.1) is 0 Å². The second kappa shape index (κ2) is 6.61. The Bertz CT molecular complexity index is 964. The van der Waals surface area contributed by atoms with Crippen molar-refractivity contribution in [2.45, 2.75) is 6.04 Å². The van der Waals surface area contributed by atoms with Gasteiger partial charge in [0.1, 0.15) is 5.69 Å². The largest absolute Gasteiger partial charge is 0.477 e. The molecule has 2 saturated heterocycles. The lowest BCUT2D eigenvalue weighted by Crippen LogP contribution is -2.35. The average Bonchev–Trinajstić information content (AvgIpc) is 3.20. The Balaban J connectivity index is 1.65. The quantitative estimate of drug-likeness (QED) is 0.861. The van der Waals surface area contributed by atoms with Crippen molar-refractivity contribution in [1.82, 2.24) is 9.29 Å². The third kappa shape index (κ3) is 3.30. The first-order valence-electron chi connectivity index (χ1n) is 8.80. The van der Waals surface area contributed by atoms with Crippen LogP contribution in [0.4, 0.5) is 5.69 Å². The molecule has 0 radical (unpaired) electrons. The van der Waals surface area contributed by atoms with Crippen molar-refractivity contribution in [1.29, 1.82) is 0 Å². The number of hydrogen-bond acceptors (Lipinski definition) is 5. The van der Waals surface area contributed by atoms with Crippen LogP contribution in [0.15, 0.2) is 48.7 Å². The maximum atomic E-state index is 12.4. The summed E-state index contributed by atoms with van der Waals surface area (Å²) in [7, 11) is -3.31. The van der Waals surface area contributed by atoms with Gasteiger partial charge in [0.2, 0.25) is 10.0 Å². The van der Waals surface area contributed by atoms with Crippen LogP contribution in [0.25, 0.3) is 0 Å². The van der Waals surface area contributed by atoms with Crippen LogP contribution in [-0.4, -0.2) is 54.7 Å². The number of nitrogens with zero attached hydrogens (tertiary/aromatic N) is 3. The molecule has 2 aromatic rings. The summed E-state index contributed by atoms with van der Waals surface area (Å²) in [6.07, 6.45) is 2.77. The van der Waals surface area contributed by atoms with Gasteiger partial charge in [0.05, 0.1) is 12.3 Å². The van der Waals surface area contributed by atoms with E-state index in [-0.39, 0.29) is 23.6 Å². The van der Waals surface area contributed by atoms with E-state index in [1.165, 1.54) is 12.5 Å². The third-order valence-corrected chi connectivity index (χ3v) is 6.74. The molecule has 1 aromatic heterocycles. The molecule has 2 aliphatic rings. The molecule has 0 amide bonds. The fourth-order valence-electron chi connectivity index (χ4n) is 4.35. The number of carboxylic acid groups (broad SMARTS) is 1. The summed E-state index contributed by atoms with van der Waals surface area (Å²) in [5.74, 6) is -0.698. The zero-order chi connectivity index (χ0) is 19.2. The molecule has 4 rings (SSSR count). The Labute approximate surface area is 158 Å².